The monoisotopic (exact) mass is 1160 g/mol. The molecule has 0 aliphatic carbocycles. The first kappa shape index (κ1) is 76.1. The molecule has 3 N–H and O–H groups in total. The third-order valence-corrected chi connectivity index (χ3v) is 15.5. The molecule has 19 heteroatoms. The Labute approximate surface area is 473 Å². The smallest absolute Gasteiger partial charge is 0.462 e. The number of carbonyl (C=O) groups is 4. The summed E-state index contributed by atoms with van der Waals surface area (Å²) in [5.74, 6) is -2.16. The van der Waals surface area contributed by atoms with Crippen molar-refractivity contribution in [3.8, 4) is 0 Å². The van der Waals surface area contributed by atoms with Gasteiger partial charge >= 0.3 is 39.5 Å². The van der Waals surface area contributed by atoms with Crippen LogP contribution in [-0.4, -0.2) is 96.7 Å². The molecule has 0 radical (unpaired) electrons. The zero-order valence-electron chi connectivity index (χ0n) is 49.6. The summed E-state index contributed by atoms with van der Waals surface area (Å²) in [5.41, 5.74) is 0. The van der Waals surface area contributed by atoms with Gasteiger partial charge in [0.25, 0.3) is 0 Å². The Kier molecular flexibility index (Phi) is 53.0. The van der Waals surface area contributed by atoms with E-state index in [-0.39, 0.29) is 25.7 Å². The lowest BCUT2D eigenvalue weighted by Crippen LogP contribution is -2.30. The first-order valence-electron chi connectivity index (χ1n) is 31.3. The summed E-state index contributed by atoms with van der Waals surface area (Å²) >= 11 is 0. The van der Waals surface area contributed by atoms with E-state index in [4.69, 9.17) is 37.0 Å². The quantitative estimate of drug-likeness (QED) is 0.0222. The van der Waals surface area contributed by atoms with E-state index < -0.39 is 97.5 Å². The van der Waals surface area contributed by atoms with Gasteiger partial charge in [0.15, 0.2) is 12.2 Å². The fourth-order valence-corrected chi connectivity index (χ4v) is 10.3. The molecular weight excluding hydrogens is 1040 g/mol. The van der Waals surface area contributed by atoms with Gasteiger partial charge in [0.05, 0.1) is 26.4 Å². The number of aliphatic hydroxyl groups is 1. The van der Waals surface area contributed by atoms with Crippen LogP contribution in [0.4, 0.5) is 0 Å². The molecule has 0 bridgehead atoms. The summed E-state index contributed by atoms with van der Waals surface area (Å²) in [5, 5.41) is 10.5. The second-order valence-corrected chi connectivity index (χ2v) is 24.3. The minimum absolute atomic E-state index is 0.0901. The normalized spacial score (nSPS) is 14.3. The average molecular weight is 1160 g/mol. The minimum atomic E-state index is -4.93. The Bertz CT molecular complexity index is 1520. The lowest BCUT2D eigenvalue weighted by molar-refractivity contribution is -0.161. The molecule has 0 saturated heterocycles. The molecule has 78 heavy (non-hydrogen) atoms. The van der Waals surface area contributed by atoms with Crippen LogP contribution in [0.2, 0.25) is 0 Å². The van der Waals surface area contributed by atoms with Gasteiger partial charge < -0.3 is 33.8 Å². The van der Waals surface area contributed by atoms with Crippen molar-refractivity contribution in [2.24, 2.45) is 0 Å². The summed E-state index contributed by atoms with van der Waals surface area (Å²) in [7, 11) is -9.85. The van der Waals surface area contributed by atoms with Crippen LogP contribution >= 0.6 is 15.6 Å². The van der Waals surface area contributed by atoms with Crippen LogP contribution in [0.25, 0.3) is 0 Å². The zero-order chi connectivity index (χ0) is 57.6. The summed E-state index contributed by atoms with van der Waals surface area (Å²) in [6, 6.07) is 0. The largest absolute Gasteiger partial charge is 0.472 e. The first-order chi connectivity index (χ1) is 37.7. The van der Waals surface area contributed by atoms with E-state index in [1.165, 1.54) is 135 Å². The molecule has 462 valence electrons. The Morgan fingerprint density at radius 1 is 0.308 bits per heavy atom. The van der Waals surface area contributed by atoms with Gasteiger partial charge in [-0.05, 0) is 25.7 Å². The Hall–Kier alpha value is -1.94. The fraction of sp³-hybridized carbons (Fsp3) is 0.932. The molecule has 0 aliphatic heterocycles. The maximum Gasteiger partial charge on any atom is 0.472 e. The molecule has 17 nitrogen and oxygen atoms in total. The van der Waals surface area contributed by atoms with Crippen LogP contribution in [-0.2, 0) is 65.4 Å². The highest BCUT2D eigenvalue weighted by atomic mass is 31.2. The Balaban J connectivity index is 5.07. The molecule has 2 unspecified atom stereocenters. The first-order valence-corrected chi connectivity index (χ1v) is 34.3. The van der Waals surface area contributed by atoms with Crippen molar-refractivity contribution in [1.29, 1.82) is 0 Å². The van der Waals surface area contributed by atoms with Gasteiger partial charge in [-0.25, -0.2) is 9.13 Å². The second kappa shape index (κ2) is 54.3. The highest BCUT2D eigenvalue weighted by Gasteiger charge is 2.30. The molecule has 0 saturated carbocycles. The lowest BCUT2D eigenvalue weighted by atomic mass is 10.0. The number of rotatable bonds is 60. The van der Waals surface area contributed by atoms with E-state index in [2.05, 4.69) is 20.8 Å². The van der Waals surface area contributed by atoms with Crippen molar-refractivity contribution >= 4 is 39.5 Å². The number of unbranched alkanes of at least 4 members (excludes halogenated alkanes) is 34. The third-order valence-electron chi connectivity index (χ3n) is 13.6. The number of aliphatic hydroxyl groups excluding tert-OH is 1. The Morgan fingerprint density at radius 2 is 0.513 bits per heavy atom. The van der Waals surface area contributed by atoms with Crippen molar-refractivity contribution in [1.82, 2.24) is 0 Å². The van der Waals surface area contributed by atoms with E-state index in [1.807, 2.05) is 6.92 Å². The number of phosphoric acid groups is 2. The molecule has 0 aliphatic rings. The summed E-state index contributed by atoms with van der Waals surface area (Å²) < 4.78 is 67.3. The van der Waals surface area contributed by atoms with Crippen LogP contribution in [0.3, 0.4) is 0 Å². The van der Waals surface area contributed by atoms with Crippen molar-refractivity contribution in [3.05, 3.63) is 0 Å². The molecule has 0 heterocycles. The Morgan fingerprint density at radius 3 is 0.782 bits per heavy atom. The molecule has 0 aromatic heterocycles. The second-order valence-electron chi connectivity index (χ2n) is 21.4. The van der Waals surface area contributed by atoms with Crippen LogP contribution < -0.4 is 0 Å². The number of hydrogen-bond donors (Lipinski definition) is 3. The van der Waals surface area contributed by atoms with Crippen molar-refractivity contribution < 1.29 is 80.2 Å². The summed E-state index contributed by atoms with van der Waals surface area (Å²) in [4.78, 5) is 71.4. The maximum atomic E-state index is 12.9. The SMILES string of the molecule is CCCCCCCCCCCCCCCCCC(=O)OC[C@H](COP(=O)(O)OC[C@H](O)COP(=O)(O)OC[C@@H](COC(=O)CCCCCCCCCC)OC(=O)CCCCC)OC(=O)CCCCCCCCCCCCCC. The predicted molar refractivity (Wildman–Crippen MR) is 308 cm³/mol. The minimum Gasteiger partial charge on any atom is -0.462 e. The molecule has 0 aromatic rings. The van der Waals surface area contributed by atoms with Crippen molar-refractivity contribution in [3.63, 3.8) is 0 Å². The van der Waals surface area contributed by atoms with Crippen LogP contribution in [0.15, 0.2) is 0 Å². The summed E-state index contributed by atoms with van der Waals surface area (Å²) in [6.07, 6.45) is 38.5. The van der Waals surface area contributed by atoms with Gasteiger partial charge in [0, 0.05) is 25.7 Å². The number of esters is 4. The standard InChI is InChI=1S/C59H114O17P2/c1-5-9-13-16-19-22-24-26-27-28-30-31-34-37-41-44-57(62)70-50-55(76-59(64)46-42-38-35-32-29-25-23-20-17-14-10-6-2)52-74-78(67,68)72-48-53(60)47-71-77(65,66)73-51-54(75-58(63)45-39-12-8-4)49-69-56(61)43-40-36-33-21-18-15-11-7-3/h53-55,60H,5-52H2,1-4H3,(H,65,66)(H,67,68)/t53-,54-,55-/m1/s1. The number of carbonyl (C=O) groups excluding carboxylic acids is 4. The molecule has 0 aromatic carbocycles. The predicted octanol–water partition coefficient (Wildman–Crippen LogP) is 16.0. The lowest BCUT2D eigenvalue weighted by Gasteiger charge is -2.21. The zero-order valence-corrected chi connectivity index (χ0v) is 51.4. The number of ether oxygens (including phenoxy) is 4. The van der Waals surface area contributed by atoms with E-state index in [0.29, 0.717) is 25.7 Å². The van der Waals surface area contributed by atoms with Gasteiger partial charge in [-0.2, -0.15) is 0 Å². The molecule has 0 amide bonds. The molecule has 0 rings (SSSR count). The molecular formula is C59H114O17P2. The molecule has 5 atom stereocenters. The van der Waals surface area contributed by atoms with Crippen molar-refractivity contribution in [2.75, 3.05) is 39.6 Å². The van der Waals surface area contributed by atoms with Gasteiger partial charge in [0.2, 0.25) is 0 Å². The number of phosphoric ester groups is 2. The number of hydrogen-bond acceptors (Lipinski definition) is 15. The van der Waals surface area contributed by atoms with E-state index >= 15 is 0 Å². The highest BCUT2D eigenvalue weighted by Crippen LogP contribution is 2.45. The van der Waals surface area contributed by atoms with E-state index in [0.717, 1.165) is 83.5 Å². The maximum absolute atomic E-state index is 12.9. The van der Waals surface area contributed by atoms with Gasteiger partial charge in [-0.15, -0.1) is 0 Å². The van der Waals surface area contributed by atoms with Crippen LogP contribution in [0.1, 0.15) is 297 Å². The van der Waals surface area contributed by atoms with Gasteiger partial charge in [-0.3, -0.25) is 37.3 Å². The summed E-state index contributed by atoms with van der Waals surface area (Å²) in [6.45, 7) is 4.64. The van der Waals surface area contributed by atoms with Crippen LogP contribution in [0, 0.1) is 0 Å². The van der Waals surface area contributed by atoms with Crippen molar-refractivity contribution in [2.45, 2.75) is 316 Å². The highest BCUT2D eigenvalue weighted by molar-refractivity contribution is 7.47. The van der Waals surface area contributed by atoms with E-state index in [9.17, 15) is 43.2 Å². The average Bonchev–Trinajstić information content (AvgIpc) is 3.41. The van der Waals surface area contributed by atoms with E-state index in [1.54, 1.807) is 0 Å². The molecule has 0 spiro atoms. The van der Waals surface area contributed by atoms with Gasteiger partial charge in [0.1, 0.15) is 19.3 Å². The fourth-order valence-electron chi connectivity index (χ4n) is 8.75. The van der Waals surface area contributed by atoms with Crippen LogP contribution in [0.5, 0.6) is 0 Å². The molecule has 0 fully saturated rings. The topological polar surface area (TPSA) is 237 Å². The van der Waals surface area contributed by atoms with Gasteiger partial charge in [-0.1, -0.05) is 246 Å². The third kappa shape index (κ3) is 53.4.